The molecule has 0 radical (unpaired) electrons. The second-order valence-corrected chi connectivity index (χ2v) is 4.06. The first kappa shape index (κ1) is 11.7. The molecular formula is C11H14N2O4. The topological polar surface area (TPSA) is 87.6 Å². The number of nitro benzene ring substituents is 1. The van der Waals surface area contributed by atoms with E-state index in [2.05, 4.69) is 0 Å². The van der Waals surface area contributed by atoms with Crippen molar-refractivity contribution in [2.45, 2.75) is 25.0 Å². The summed E-state index contributed by atoms with van der Waals surface area (Å²) in [5, 5.41) is 10.7. The van der Waals surface area contributed by atoms with Gasteiger partial charge < -0.3 is 15.2 Å². The molecule has 0 amide bonds. The largest absolute Gasteiger partial charge is 0.493 e. The third-order valence-corrected chi connectivity index (χ3v) is 2.78. The van der Waals surface area contributed by atoms with Gasteiger partial charge in [0.15, 0.2) is 11.5 Å². The van der Waals surface area contributed by atoms with Gasteiger partial charge in [-0.2, -0.15) is 0 Å². The van der Waals surface area contributed by atoms with Gasteiger partial charge in [-0.05, 0) is 18.9 Å². The third kappa shape index (κ3) is 2.47. The summed E-state index contributed by atoms with van der Waals surface area (Å²) >= 11 is 0. The molecule has 1 aliphatic rings. The number of non-ortho nitro benzene ring substituents is 1. The lowest BCUT2D eigenvalue weighted by molar-refractivity contribution is -0.385. The van der Waals surface area contributed by atoms with Crippen LogP contribution in [-0.4, -0.2) is 24.2 Å². The minimum absolute atomic E-state index is 0.00979. The number of nitro groups is 1. The molecule has 17 heavy (non-hydrogen) atoms. The summed E-state index contributed by atoms with van der Waals surface area (Å²) in [6.45, 7) is 0. The summed E-state index contributed by atoms with van der Waals surface area (Å²) in [5.74, 6) is 0.898. The number of hydrogen-bond donors (Lipinski definition) is 1. The summed E-state index contributed by atoms with van der Waals surface area (Å²) in [4.78, 5) is 10.2. The van der Waals surface area contributed by atoms with Gasteiger partial charge in [0.25, 0.3) is 5.69 Å². The fraction of sp³-hybridized carbons (Fsp3) is 0.455. The number of rotatable bonds is 4. The van der Waals surface area contributed by atoms with Crippen molar-refractivity contribution in [2.75, 3.05) is 7.11 Å². The van der Waals surface area contributed by atoms with Crippen LogP contribution < -0.4 is 15.2 Å². The Morgan fingerprint density at radius 2 is 2.12 bits per heavy atom. The van der Waals surface area contributed by atoms with Crippen LogP contribution in [0, 0.1) is 10.1 Å². The van der Waals surface area contributed by atoms with Crippen LogP contribution in [0.1, 0.15) is 12.8 Å². The molecule has 2 N–H and O–H groups in total. The Hall–Kier alpha value is -1.82. The zero-order chi connectivity index (χ0) is 12.4. The van der Waals surface area contributed by atoms with E-state index in [-0.39, 0.29) is 17.8 Å². The van der Waals surface area contributed by atoms with Crippen molar-refractivity contribution in [3.05, 3.63) is 28.3 Å². The lowest BCUT2D eigenvalue weighted by Gasteiger charge is -2.32. The molecule has 1 aliphatic carbocycles. The molecule has 1 aromatic rings. The van der Waals surface area contributed by atoms with Crippen LogP contribution in [0.4, 0.5) is 5.69 Å². The van der Waals surface area contributed by atoms with E-state index in [4.69, 9.17) is 15.2 Å². The van der Waals surface area contributed by atoms with Crippen molar-refractivity contribution in [3.8, 4) is 11.5 Å². The summed E-state index contributed by atoms with van der Waals surface area (Å²) in [7, 11) is 1.50. The molecular weight excluding hydrogens is 224 g/mol. The highest BCUT2D eigenvalue weighted by Crippen LogP contribution is 2.34. The zero-order valence-corrected chi connectivity index (χ0v) is 9.46. The fourth-order valence-electron chi connectivity index (χ4n) is 1.75. The molecule has 0 heterocycles. The van der Waals surface area contributed by atoms with Crippen molar-refractivity contribution in [3.63, 3.8) is 0 Å². The van der Waals surface area contributed by atoms with E-state index >= 15 is 0 Å². The Labute approximate surface area is 98.5 Å². The molecule has 2 rings (SSSR count). The lowest BCUT2D eigenvalue weighted by atomic mass is 9.90. The molecule has 0 bridgehead atoms. The minimum atomic E-state index is -0.460. The van der Waals surface area contributed by atoms with Gasteiger partial charge in [-0.25, -0.2) is 0 Å². The number of ether oxygens (including phenoxy) is 2. The first-order chi connectivity index (χ1) is 8.10. The maximum atomic E-state index is 10.7. The van der Waals surface area contributed by atoms with Crippen molar-refractivity contribution in [2.24, 2.45) is 5.73 Å². The summed E-state index contributed by atoms with van der Waals surface area (Å²) in [6.07, 6.45) is 1.57. The molecule has 6 heteroatoms. The van der Waals surface area contributed by atoms with Gasteiger partial charge in [0, 0.05) is 12.1 Å². The van der Waals surface area contributed by atoms with Crippen molar-refractivity contribution < 1.29 is 14.4 Å². The first-order valence-electron chi connectivity index (χ1n) is 5.35. The molecule has 92 valence electrons. The van der Waals surface area contributed by atoms with E-state index < -0.39 is 4.92 Å². The molecule has 1 aromatic carbocycles. The maximum Gasteiger partial charge on any atom is 0.273 e. The van der Waals surface area contributed by atoms with Gasteiger partial charge in [-0.3, -0.25) is 10.1 Å². The van der Waals surface area contributed by atoms with Crippen molar-refractivity contribution in [1.29, 1.82) is 0 Å². The lowest BCUT2D eigenvalue weighted by Crippen LogP contribution is -2.43. The Balaban J connectivity index is 2.17. The van der Waals surface area contributed by atoms with Crippen LogP contribution >= 0.6 is 0 Å². The van der Waals surface area contributed by atoms with E-state index in [1.54, 1.807) is 0 Å². The molecule has 1 fully saturated rings. The normalized spacial score (nSPS) is 22.7. The van der Waals surface area contributed by atoms with Crippen LogP contribution in [0.3, 0.4) is 0 Å². The average Bonchev–Trinajstić information content (AvgIpc) is 2.26. The second kappa shape index (κ2) is 4.58. The maximum absolute atomic E-state index is 10.7. The smallest absolute Gasteiger partial charge is 0.273 e. The second-order valence-electron chi connectivity index (χ2n) is 4.06. The predicted molar refractivity (Wildman–Crippen MR) is 61.3 cm³/mol. The number of nitrogens with zero attached hydrogens (tertiary/aromatic N) is 1. The number of methoxy groups -OCH3 is 1. The van der Waals surface area contributed by atoms with Crippen LogP contribution in [-0.2, 0) is 0 Å². The van der Waals surface area contributed by atoms with E-state index in [0.29, 0.717) is 11.5 Å². The van der Waals surface area contributed by atoms with Crippen LogP contribution in [0.25, 0.3) is 0 Å². The van der Waals surface area contributed by atoms with Gasteiger partial charge in [0.2, 0.25) is 0 Å². The Kier molecular flexibility index (Phi) is 3.14. The van der Waals surface area contributed by atoms with Crippen molar-refractivity contribution in [1.82, 2.24) is 0 Å². The minimum Gasteiger partial charge on any atom is -0.493 e. The monoisotopic (exact) mass is 238 g/mol. The van der Waals surface area contributed by atoms with Crippen LogP contribution in [0.5, 0.6) is 11.5 Å². The molecule has 0 saturated heterocycles. The van der Waals surface area contributed by atoms with Crippen LogP contribution in [0.2, 0.25) is 0 Å². The van der Waals surface area contributed by atoms with E-state index in [1.165, 1.54) is 25.3 Å². The van der Waals surface area contributed by atoms with Crippen LogP contribution in [0.15, 0.2) is 18.2 Å². The summed E-state index contributed by atoms with van der Waals surface area (Å²) < 4.78 is 10.7. The van der Waals surface area contributed by atoms with Gasteiger partial charge >= 0.3 is 0 Å². The highest BCUT2D eigenvalue weighted by molar-refractivity contribution is 5.48. The third-order valence-electron chi connectivity index (χ3n) is 2.78. The standard InChI is InChI=1S/C11H14N2O4/c1-16-10-3-2-8(13(14)15)6-11(10)17-9-4-7(12)5-9/h2-3,6-7,9H,4-5,12H2,1H3. The first-order valence-corrected chi connectivity index (χ1v) is 5.35. The highest BCUT2D eigenvalue weighted by atomic mass is 16.6. The number of nitrogens with two attached hydrogens (primary N) is 1. The summed E-state index contributed by atoms with van der Waals surface area (Å²) in [5.41, 5.74) is 5.64. The van der Waals surface area contributed by atoms with E-state index in [9.17, 15) is 10.1 Å². The Morgan fingerprint density at radius 1 is 1.41 bits per heavy atom. The average molecular weight is 238 g/mol. The van der Waals surface area contributed by atoms with Gasteiger partial charge in [-0.15, -0.1) is 0 Å². The van der Waals surface area contributed by atoms with E-state index in [0.717, 1.165) is 12.8 Å². The van der Waals surface area contributed by atoms with Gasteiger partial charge in [0.05, 0.1) is 18.1 Å². The Morgan fingerprint density at radius 3 is 2.65 bits per heavy atom. The molecule has 0 unspecified atom stereocenters. The molecule has 0 spiro atoms. The molecule has 0 atom stereocenters. The highest BCUT2D eigenvalue weighted by Gasteiger charge is 2.29. The molecule has 1 saturated carbocycles. The van der Waals surface area contributed by atoms with E-state index in [1.807, 2.05) is 0 Å². The van der Waals surface area contributed by atoms with Gasteiger partial charge in [0.1, 0.15) is 6.10 Å². The number of hydrogen-bond acceptors (Lipinski definition) is 5. The zero-order valence-electron chi connectivity index (χ0n) is 9.46. The quantitative estimate of drug-likeness (QED) is 0.634. The Bertz CT molecular complexity index is 429. The van der Waals surface area contributed by atoms with Gasteiger partial charge in [-0.1, -0.05) is 0 Å². The SMILES string of the molecule is COc1ccc([N+](=O)[O-])cc1OC1CC(N)C1. The fourth-order valence-corrected chi connectivity index (χ4v) is 1.75. The summed E-state index contributed by atoms with van der Waals surface area (Å²) in [6, 6.07) is 4.47. The predicted octanol–water partition coefficient (Wildman–Crippen LogP) is 1.47. The molecule has 6 nitrogen and oxygen atoms in total. The molecule has 0 aromatic heterocycles. The molecule has 0 aliphatic heterocycles. The number of benzene rings is 1. The van der Waals surface area contributed by atoms with Crippen molar-refractivity contribution >= 4 is 5.69 Å².